The standard InChI is InChI=1S/C19H15F2NO4/c1-11-17(12-6-2-4-8-14(12)22-11)15(23)10-25-18(24)13-7-3-5-9-16(13)26-19(20)21/h2-9,19,22H,10H2,1H3. The Labute approximate surface area is 147 Å². The second-order valence-electron chi connectivity index (χ2n) is 5.54. The first kappa shape index (κ1) is 17.6. The molecular weight excluding hydrogens is 344 g/mol. The molecule has 0 radical (unpaired) electrons. The number of nitrogens with one attached hydrogen (secondary N) is 1. The van der Waals surface area contributed by atoms with Crippen LogP contribution in [0, 0.1) is 6.92 Å². The molecule has 1 heterocycles. The van der Waals surface area contributed by atoms with Crippen molar-refractivity contribution >= 4 is 22.7 Å². The van der Waals surface area contributed by atoms with Gasteiger partial charge in [-0.1, -0.05) is 30.3 Å². The summed E-state index contributed by atoms with van der Waals surface area (Å²) in [7, 11) is 0. The van der Waals surface area contributed by atoms with Crippen LogP contribution in [0.2, 0.25) is 0 Å². The molecule has 7 heteroatoms. The van der Waals surface area contributed by atoms with Gasteiger partial charge in [-0.05, 0) is 25.1 Å². The molecule has 0 bridgehead atoms. The van der Waals surface area contributed by atoms with Crippen molar-refractivity contribution in [2.75, 3.05) is 6.61 Å². The van der Waals surface area contributed by atoms with Gasteiger partial charge in [0.1, 0.15) is 11.3 Å². The van der Waals surface area contributed by atoms with Gasteiger partial charge >= 0.3 is 12.6 Å². The molecule has 0 aliphatic heterocycles. The van der Waals surface area contributed by atoms with Gasteiger partial charge in [0.05, 0.1) is 0 Å². The molecule has 26 heavy (non-hydrogen) atoms. The Kier molecular flexibility index (Phi) is 4.97. The average Bonchev–Trinajstić information content (AvgIpc) is 2.95. The third-order valence-electron chi connectivity index (χ3n) is 3.83. The maximum absolute atomic E-state index is 12.5. The zero-order valence-electron chi connectivity index (χ0n) is 13.8. The van der Waals surface area contributed by atoms with Crippen molar-refractivity contribution in [2.45, 2.75) is 13.5 Å². The Bertz CT molecular complexity index is 965. The molecule has 0 fully saturated rings. The number of rotatable bonds is 6. The van der Waals surface area contributed by atoms with Crippen molar-refractivity contribution in [3.05, 3.63) is 65.4 Å². The predicted molar refractivity (Wildman–Crippen MR) is 90.7 cm³/mol. The number of carbonyl (C=O) groups excluding carboxylic acids is 2. The summed E-state index contributed by atoms with van der Waals surface area (Å²) < 4.78 is 34.2. The number of carbonyl (C=O) groups is 2. The highest BCUT2D eigenvalue weighted by molar-refractivity contribution is 6.10. The topological polar surface area (TPSA) is 68.4 Å². The lowest BCUT2D eigenvalue weighted by Gasteiger charge is -2.10. The fraction of sp³-hybridized carbons (Fsp3) is 0.158. The molecular formula is C19H15F2NO4. The maximum atomic E-state index is 12.5. The Hall–Kier alpha value is -3.22. The van der Waals surface area contributed by atoms with Gasteiger partial charge < -0.3 is 14.5 Å². The first-order valence-corrected chi connectivity index (χ1v) is 7.79. The van der Waals surface area contributed by atoms with Crippen molar-refractivity contribution < 1.29 is 27.8 Å². The highest BCUT2D eigenvalue weighted by Gasteiger charge is 2.20. The molecule has 0 atom stereocenters. The van der Waals surface area contributed by atoms with Gasteiger partial charge in [0.15, 0.2) is 6.61 Å². The fourth-order valence-electron chi connectivity index (χ4n) is 2.75. The van der Waals surface area contributed by atoms with E-state index in [0.717, 1.165) is 10.9 Å². The second kappa shape index (κ2) is 7.35. The molecule has 0 aliphatic carbocycles. The number of alkyl halides is 2. The number of benzene rings is 2. The lowest BCUT2D eigenvalue weighted by molar-refractivity contribution is -0.0504. The summed E-state index contributed by atoms with van der Waals surface area (Å²) in [4.78, 5) is 27.7. The molecule has 0 saturated heterocycles. The van der Waals surface area contributed by atoms with Crippen molar-refractivity contribution in [2.24, 2.45) is 0 Å². The van der Waals surface area contributed by atoms with Crippen LogP contribution < -0.4 is 4.74 Å². The summed E-state index contributed by atoms with van der Waals surface area (Å²) in [6.45, 7) is -1.83. The summed E-state index contributed by atoms with van der Waals surface area (Å²) in [5, 5.41) is 0.729. The Morgan fingerprint density at radius 1 is 1.08 bits per heavy atom. The van der Waals surface area contributed by atoms with Gasteiger partial charge in [0.25, 0.3) is 0 Å². The number of esters is 1. The largest absolute Gasteiger partial charge is 0.454 e. The molecule has 1 N–H and O–H groups in total. The van der Waals surface area contributed by atoms with Crippen LogP contribution in [0.4, 0.5) is 8.78 Å². The van der Waals surface area contributed by atoms with E-state index in [9.17, 15) is 18.4 Å². The molecule has 0 spiro atoms. The van der Waals surface area contributed by atoms with E-state index in [-0.39, 0.29) is 17.1 Å². The minimum Gasteiger partial charge on any atom is -0.454 e. The number of ether oxygens (including phenoxy) is 2. The maximum Gasteiger partial charge on any atom is 0.387 e. The normalized spacial score (nSPS) is 10.9. The number of Topliss-reactive ketones (excluding diaryl/α,β-unsaturated/α-hetero) is 1. The molecule has 0 unspecified atom stereocenters. The van der Waals surface area contributed by atoms with Crippen LogP contribution >= 0.6 is 0 Å². The lowest BCUT2D eigenvalue weighted by Crippen LogP contribution is -2.16. The van der Waals surface area contributed by atoms with Gasteiger partial charge in [-0.15, -0.1) is 0 Å². The van der Waals surface area contributed by atoms with Crippen LogP contribution in [0.5, 0.6) is 5.75 Å². The van der Waals surface area contributed by atoms with Crippen LogP contribution in [-0.4, -0.2) is 30.0 Å². The van der Waals surface area contributed by atoms with E-state index in [2.05, 4.69) is 9.72 Å². The number of para-hydroxylation sites is 2. The van der Waals surface area contributed by atoms with E-state index in [1.807, 2.05) is 12.1 Å². The molecule has 3 rings (SSSR count). The molecule has 1 aromatic heterocycles. The number of aromatic nitrogens is 1. The van der Waals surface area contributed by atoms with Crippen molar-refractivity contribution in [3.8, 4) is 5.75 Å². The van der Waals surface area contributed by atoms with Gasteiger partial charge in [-0.2, -0.15) is 8.78 Å². The van der Waals surface area contributed by atoms with E-state index in [1.54, 1.807) is 19.1 Å². The van der Waals surface area contributed by atoms with Crippen LogP contribution in [0.1, 0.15) is 26.4 Å². The van der Waals surface area contributed by atoms with Gasteiger partial charge in [0.2, 0.25) is 5.78 Å². The van der Waals surface area contributed by atoms with E-state index >= 15 is 0 Å². The highest BCUT2D eigenvalue weighted by Crippen LogP contribution is 2.24. The second-order valence-corrected chi connectivity index (χ2v) is 5.54. The first-order valence-electron chi connectivity index (χ1n) is 7.79. The number of fused-ring (bicyclic) bond motifs is 1. The molecule has 0 amide bonds. The number of halogens is 2. The zero-order valence-corrected chi connectivity index (χ0v) is 13.8. The first-order chi connectivity index (χ1) is 12.5. The smallest absolute Gasteiger partial charge is 0.387 e. The summed E-state index contributed by atoms with van der Waals surface area (Å²) >= 11 is 0. The van der Waals surface area contributed by atoms with E-state index in [4.69, 9.17) is 4.74 Å². The molecule has 5 nitrogen and oxygen atoms in total. The quantitative estimate of drug-likeness (QED) is 0.531. The van der Waals surface area contributed by atoms with Crippen LogP contribution in [-0.2, 0) is 4.74 Å². The number of hydrogen-bond donors (Lipinski definition) is 1. The molecule has 0 saturated carbocycles. The number of aryl methyl sites for hydroxylation is 1. The summed E-state index contributed by atoms with van der Waals surface area (Å²) in [5.74, 6) is -1.60. The summed E-state index contributed by atoms with van der Waals surface area (Å²) in [6, 6.07) is 12.7. The van der Waals surface area contributed by atoms with Crippen molar-refractivity contribution in [1.82, 2.24) is 4.98 Å². The Balaban J connectivity index is 1.76. The number of H-pyrrole nitrogens is 1. The van der Waals surface area contributed by atoms with Gasteiger partial charge in [-0.25, -0.2) is 4.79 Å². The van der Waals surface area contributed by atoms with E-state index in [1.165, 1.54) is 24.3 Å². The molecule has 0 aliphatic rings. The summed E-state index contributed by atoms with van der Waals surface area (Å²) in [5.41, 5.74) is 1.73. The SMILES string of the molecule is Cc1[nH]c2ccccc2c1C(=O)COC(=O)c1ccccc1OC(F)F. The minimum absolute atomic E-state index is 0.170. The monoisotopic (exact) mass is 359 g/mol. The predicted octanol–water partition coefficient (Wildman–Crippen LogP) is 4.12. The van der Waals surface area contributed by atoms with E-state index < -0.39 is 19.2 Å². The fourth-order valence-corrected chi connectivity index (χ4v) is 2.75. The number of ketones is 1. The highest BCUT2D eigenvalue weighted by atomic mass is 19.3. The third kappa shape index (κ3) is 3.56. The molecule has 134 valence electrons. The Morgan fingerprint density at radius 2 is 1.77 bits per heavy atom. The third-order valence-corrected chi connectivity index (χ3v) is 3.83. The van der Waals surface area contributed by atoms with E-state index in [0.29, 0.717) is 11.3 Å². The Morgan fingerprint density at radius 3 is 2.54 bits per heavy atom. The van der Waals surface area contributed by atoms with Crippen molar-refractivity contribution in [3.63, 3.8) is 0 Å². The van der Waals surface area contributed by atoms with Gasteiger partial charge in [-0.3, -0.25) is 4.79 Å². The van der Waals surface area contributed by atoms with Crippen molar-refractivity contribution in [1.29, 1.82) is 0 Å². The minimum atomic E-state index is -3.07. The zero-order chi connectivity index (χ0) is 18.7. The number of aromatic amines is 1. The number of hydrogen-bond acceptors (Lipinski definition) is 4. The summed E-state index contributed by atoms with van der Waals surface area (Å²) in [6.07, 6.45) is 0. The lowest BCUT2D eigenvalue weighted by atomic mass is 10.1. The van der Waals surface area contributed by atoms with Crippen LogP contribution in [0.25, 0.3) is 10.9 Å². The molecule has 3 aromatic rings. The van der Waals surface area contributed by atoms with Crippen LogP contribution in [0.15, 0.2) is 48.5 Å². The van der Waals surface area contributed by atoms with Gasteiger partial charge in [0, 0.05) is 22.2 Å². The average molecular weight is 359 g/mol. The molecule has 2 aromatic carbocycles. The van der Waals surface area contributed by atoms with Crippen LogP contribution in [0.3, 0.4) is 0 Å².